The second kappa shape index (κ2) is 6.93. The highest BCUT2D eigenvalue weighted by Gasteiger charge is 2.31. The molecular weight excluding hydrogens is 372 g/mol. The van der Waals surface area contributed by atoms with E-state index in [0.717, 1.165) is 11.8 Å². The molecule has 0 N–H and O–H groups in total. The quantitative estimate of drug-likeness (QED) is 0.556. The summed E-state index contributed by atoms with van der Waals surface area (Å²) in [5.41, 5.74) is 0.621. The lowest BCUT2D eigenvalue weighted by Crippen LogP contribution is -2.23. The van der Waals surface area contributed by atoms with Crippen LogP contribution in [0.5, 0.6) is 0 Å². The van der Waals surface area contributed by atoms with Crippen molar-refractivity contribution in [2.75, 3.05) is 7.05 Å². The first kappa shape index (κ1) is 17.0. The second-order valence-electron chi connectivity index (χ2n) is 4.82. The Morgan fingerprint density at radius 3 is 2.79 bits per heavy atom. The number of carbonyl (C=O) groups excluding carboxylic acids is 1. The Hall–Kier alpha value is -1.89. The third-order valence-electron chi connectivity index (χ3n) is 3.23. The van der Waals surface area contributed by atoms with Gasteiger partial charge in [-0.05, 0) is 42.1 Å². The Morgan fingerprint density at radius 2 is 2.08 bits per heavy atom. The smallest absolute Gasteiger partial charge is 0.266 e. The number of hydrogen-bond donors (Lipinski definition) is 0. The van der Waals surface area contributed by atoms with Crippen molar-refractivity contribution in [2.24, 2.45) is 4.99 Å². The Bertz CT molecular complexity index is 865. The number of amidine groups is 1. The van der Waals surface area contributed by atoms with Gasteiger partial charge in [-0.1, -0.05) is 29.3 Å². The van der Waals surface area contributed by atoms with Gasteiger partial charge in [0.05, 0.1) is 9.93 Å². The number of aromatic nitrogens is 1. The summed E-state index contributed by atoms with van der Waals surface area (Å²) >= 11 is 13.1. The molecule has 1 saturated heterocycles. The molecule has 0 radical (unpaired) electrons. The molecule has 1 aromatic heterocycles. The summed E-state index contributed by atoms with van der Waals surface area (Å²) in [7, 11) is 1.59. The van der Waals surface area contributed by atoms with Crippen LogP contribution in [-0.2, 0) is 4.79 Å². The van der Waals surface area contributed by atoms with E-state index in [-0.39, 0.29) is 21.6 Å². The van der Waals surface area contributed by atoms with Gasteiger partial charge in [0.25, 0.3) is 5.91 Å². The number of benzene rings is 1. The van der Waals surface area contributed by atoms with E-state index in [0.29, 0.717) is 15.8 Å². The third kappa shape index (κ3) is 3.31. The van der Waals surface area contributed by atoms with Crippen LogP contribution in [0.3, 0.4) is 0 Å². The SMILES string of the molecule is CN1C(=O)/C(=C/c2c(F)cccc2Cl)SC1=Nc1cccnc1Cl. The topological polar surface area (TPSA) is 45.6 Å². The number of rotatable bonds is 2. The summed E-state index contributed by atoms with van der Waals surface area (Å²) in [6, 6.07) is 7.75. The normalized spacial score (nSPS) is 18.0. The summed E-state index contributed by atoms with van der Waals surface area (Å²) in [5.74, 6) is -0.787. The van der Waals surface area contributed by atoms with Crippen molar-refractivity contribution < 1.29 is 9.18 Å². The fourth-order valence-corrected chi connectivity index (χ4v) is 3.34. The molecule has 1 aliphatic rings. The van der Waals surface area contributed by atoms with Gasteiger partial charge in [0.15, 0.2) is 10.3 Å². The van der Waals surface area contributed by atoms with Gasteiger partial charge in [-0.3, -0.25) is 9.69 Å². The summed E-state index contributed by atoms with van der Waals surface area (Å²) in [4.78, 5) is 22.3. The lowest BCUT2D eigenvalue weighted by Gasteiger charge is -2.07. The number of likely N-dealkylation sites (N-methyl/N-ethyl adjacent to an activating group) is 1. The largest absolute Gasteiger partial charge is 0.290 e. The molecule has 122 valence electrons. The van der Waals surface area contributed by atoms with Crippen LogP contribution in [0.1, 0.15) is 5.56 Å². The first-order chi connectivity index (χ1) is 11.5. The molecule has 0 atom stereocenters. The first-order valence-corrected chi connectivity index (χ1v) is 8.35. The molecule has 1 fully saturated rings. The molecule has 8 heteroatoms. The minimum absolute atomic E-state index is 0.170. The van der Waals surface area contributed by atoms with Gasteiger partial charge in [-0.25, -0.2) is 14.4 Å². The van der Waals surface area contributed by atoms with Gasteiger partial charge < -0.3 is 0 Å². The number of thioether (sulfide) groups is 1. The molecule has 0 spiro atoms. The van der Waals surface area contributed by atoms with Crippen LogP contribution in [0.2, 0.25) is 10.2 Å². The van der Waals surface area contributed by atoms with Gasteiger partial charge in [0, 0.05) is 18.8 Å². The summed E-state index contributed by atoms with van der Waals surface area (Å²) in [6.07, 6.45) is 2.97. The van der Waals surface area contributed by atoms with Gasteiger partial charge >= 0.3 is 0 Å². The van der Waals surface area contributed by atoms with Gasteiger partial charge in [-0.15, -0.1) is 0 Å². The number of carbonyl (C=O) groups is 1. The number of halogens is 3. The molecule has 1 amide bonds. The lowest BCUT2D eigenvalue weighted by molar-refractivity contribution is -0.121. The lowest BCUT2D eigenvalue weighted by atomic mass is 10.2. The molecule has 2 heterocycles. The predicted octanol–water partition coefficient (Wildman–Crippen LogP) is 4.76. The molecule has 0 unspecified atom stereocenters. The van der Waals surface area contributed by atoms with Crippen LogP contribution < -0.4 is 0 Å². The van der Waals surface area contributed by atoms with E-state index >= 15 is 0 Å². The van der Waals surface area contributed by atoms with Crippen LogP contribution in [0.25, 0.3) is 6.08 Å². The highest BCUT2D eigenvalue weighted by atomic mass is 35.5. The summed E-state index contributed by atoms with van der Waals surface area (Å²) in [6.45, 7) is 0. The van der Waals surface area contributed by atoms with E-state index in [9.17, 15) is 9.18 Å². The third-order valence-corrected chi connectivity index (χ3v) is 4.92. The number of nitrogens with zero attached hydrogens (tertiary/aromatic N) is 3. The maximum absolute atomic E-state index is 13.9. The van der Waals surface area contributed by atoms with Crippen LogP contribution in [0.15, 0.2) is 46.4 Å². The van der Waals surface area contributed by atoms with E-state index in [4.69, 9.17) is 23.2 Å². The average molecular weight is 382 g/mol. The number of hydrogen-bond acceptors (Lipinski definition) is 4. The fourth-order valence-electron chi connectivity index (χ4n) is 2.00. The van der Waals surface area contributed by atoms with E-state index in [1.807, 2.05) is 0 Å². The number of pyridine rings is 1. The van der Waals surface area contributed by atoms with Crippen LogP contribution >= 0.6 is 35.0 Å². The molecule has 0 bridgehead atoms. The highest BCUT2D eigenvalue weighted by molar-refractivity contribution is 8.18. The Labute approximate surface area is 152 Å². The van der Waals surface area contributed by atoms with E-state index in [1.54, 1.807) is 31.4 Å². The van der Waals surface area contributed by atoms with Crippen molar-refractivity contribution >= 4 is 57.8 Å². The van der Waals surface area contributed by atoms with Crippen LogP contribution in [0.4, 0.5) is 10.1 Å². The zero-order valence-electron chi connectivity index (χ0n) is 12.3. The molecule has 0 saturated carbocycles. The van der Waals surface area contributed by atoms with Crippen LogP contribution in [-0.4, -0.2) is 28.0 Å². The fraction of sp³-hybridized carbons (Fsp3) is 0.0625. The van der Waals surface area contributed by atoms with Gasteiger partial charge in [0.2, 0.25) is 0 Å². The number of aliphatic imine (C=N–C) groups is 1. The molecule has 3 rings (SSSR count). The average Bonchev–Trinajstić information content (AvgIpc) is 2.81. The van der Waals surface area contributed by atoms with Crippen molar-refractivity contribution in [3.63, 3.8) is 0 Å². The van der Waals surface area contributed by atoms with Crippen LogP contribution in [0, 0.1) is 5.82 Å². The maximum Gasteiger partial charge on any atom is 0.266 e. The highest BCUT2D eigenvalue weighted by Crippen LogP contribution is 2.35. The summed E-state index contributed by atoms with van der Waals surface area (Å²) in [5, 5.41) is 0.897. The van der Waals surface area contributed by atoms with E-state index < -0.39 is 5.82 Å². The Kier molecular flexibility index (Phi) is 4.89. The summed E-state index contributed by atoms with van der Waals surface area (Å²) < 4.78 is 13.9. The van der Waals surface area contributed by atoms with Crippen molar-refractivity contribution in [1.82, 2.24) is 9.88 Å². The maximum atomic E-state index is 13.9. The molecule has 1 aromatic carbocycles. The standard InChI is InChI=1S/C16H10Cl2FN3OS/c1-22-15(23)13(8-9-10(17)4-2-5-11(9)19)24-16(22)21-12-6-3-7-20-14(12)18/h2-8H,1H3/b13-8-,21-16?. The molecule has 4 nitrogen and oxygen atoms in total. The molecule has 2 aromatic rings. The second-order valence-corrected chi connectivity index (χ2v) is 6.59. The van der Waals surface area contributed by atoms with Crippen molar-refractivity contribution in [3.05, 3.63) is 63.0 Å². The number of amides is 1. The Balaban J connectivity index is 1.98. The zero-order chi connectivity index (χ0) is 17.3. The van der Waals surface area contributed by atoms with Crippen molar-refractivity contribution in [3.8, 4) is 0 Å². The molecular formula is C16H10Cl2FN3OS. The van der Waals surface area contributed by atoms with E-state index in [1.165, 1.54) is 23.1 Å². The molecule has 0 aliphatic carbocycles. The zero-order valence-corrected chi connectivity index (χ0v) is 14.7. The molecule has 1 aliphatic heterocycles. The van der Waals surface area contributed by atoms with Gasteiger partial charge in [0.1, 0.15) is 11.5 Å². The minimum atomic E-state index is -0.494. The monoisotopic (exact) mass is 381 g/mol. The Morgan fingerprint density at radius 1 is 1.29 bits per heavy atom. The first-order valence-electron chi connectivity index (χ1n) is 6.78. The molecule has 24 heavy (non-hydrogen) atoms. The predicted molar refractivity (Wildman–Crippen MR) is 96.1 cm³/mol. The van der Waals surface area contributed by atoms with E-state index in [2.05, 4.69) is 9.98 Å². The minimum Gasteiger partial charge on any atom is -0.290 e. The van der Waals surface area contributed by atoms with Crippen molar-refractivity contribution in [2.45, 2.75) is 0 Å². The van der Waals surface area contributed by atoms with Gasteiger partial charge in [-0.2, -0.15) is 0 Å². The van der Waals surface area contributed by atoms with Crippen molar-refractivity contribution in [1.29, 1.82) is 0 Å².